The van der Waals surface area contributed by atoms with Crippen molar-refractivity contribution in [2.45, 2.75) is 13.0 Å². The minimum atomic E-state index is -0.518. The van der Waals surface area contributed by atoms with E-state index in [4.69, 9.17) is 4.74 Å². The van der Waals surface area contributed by atoms with Crippen molar-refractivity contribution in [2.75, 3.05) is 0 Å². The van der Waals surface area contributed by atoms with E-state index in [1.54, 1.807) is 19.1 Å². The van der Waals surface area contributed by atoms with Gasteiger partial charge < -0.3 is 4.74 Å². The molecule has 0 bridgehead atoms. The number of carbonyl (C=O) groups is 1. The lowest BCUT2D eigenvalue weighted by atomic mass is 10.1. The standard InChI is InChI=1S/C19H15BrO2/c1-13(19(21)14-5-3-2-4-6-14)22-18-10-8-15-11-17(20)9-7-16(15)12-18/h2-13H,1H3. The summed E-state index contributed by atoms with van der Waals surface area (Å²) >= 11 is 3.46. The summed E-state index contributed by atoms with van der Waals surface area (Å²) in [4.78, 5) is 12.3. The maximum absolute atomic E-state index is 12.3. The third-order valence-corrected chi connectivity index (χ3v) is 4.01. The SMILES string of the molecule is CC(Oc1ccc2cc(Br)ccc2c1)C(=O)c1ccccc1. The van der Waals surface area contributed by atoms with Gasteiger partial charge in [0.05, 0.1) is 0 Å². The van der Waals surface area contributed by atoms with Crippen molar-refractivity contribution >= 4 is 32.5 Å². The second-order valence-electron chi connectivity index (χ2n) is 5.14. The Bertz CT molecular complexity index is 812. The smallest absolute Gasteiger partial charge is 0.202 e. The number of hydrogen-bond donors (Lipinski definition) is 0. The molecule has 1 unspecified atom stereocenters. The second kappa shape index (κ2) is 6.32. The van der Waals surface area contributed by atoms with Crippen LogP contribution in [0.15, 0.2) is 71.2 Å². The van der Waals surface area contributed by atoms with Crippen molar-refractivity contribution in [2.24, 2.45) is 0 Å². The number of ether oxygens (including phenoxy) is 1. The monoisotopic (exact) mass is 354 g/mol. The number of rotatable bonds is 4. The molecule has 3 aromatic rings. The zero-order valence-corrected chi connectivity index (χ0v) is 13.7. The van der Waals surface area contributed by atoms with Gasteiger partial charge >= 0.3 is 0 Å². The molecular formula is C19H15BrO2. The first-order valence-electron chi connectivity index (χ1n) is 7.09. The van der Waals surface area contributed by atoms with E-state index < -0.39 is 6.10 Å². The first kappa shape index (κ1) is 14.8. The lowest BCUT2D eigenvalue weighted by molar-refractivity contribution is 0.0818. The van der Waals surface area contributed by atoms with E-state index in [0.29, 0.717) is 11.3 Å². The molecule has 2 nitrogen and oxygen atoms in total. The molecule has 0 aliphatic rings. The summed E-state index contributed by atoms with van der Waals surface area (Å²) in [5.74, 6) is 0.683. The maximum atomic E-state index is 12.3. The first-order chi connectivity index (χ1) is 10.6. The number of benzene rings is 3. The van der Waals surface area contributed by atoms with Crippen LogP contribution in [0.4, 0.5) is 0 Å². The van der Waals surface area contributed by atoms with Gasteiger partial charge in [-0.05, 0) is 42.0 Å². The van der Waals surface area contributed by atoms with Crippen LogP contribution in [0.25, 0.3) is 10.8 Å². The van der Waals surface area contributed by atoms with Gasteiger partial charge in [0.2, 0.25) is 5.78 Å². The van der Waals surface area contributed by atoms with E-state index in [9.17, 15) is 4.79 Å². The van der Waals surface area contributed by atoms with Crippen LogP contribution in [0, 0.1) is 0 Å². The van der Waals surface area contributed by atoms with Crippen LogP contribution < -0.4 is 4.74 Å². The van der Waals surface area contributed by atoms with Gasteiger partial charge in [-0.15, -0.1) is 0 Å². The van der Waals surface area contributed by atoms with Gasteiger partial charge in [0.1, 0.15) is 5.75 Å². The van der Waals surface area contributed by atoms with Crippen molar-refractivity contribution in [3.63, 3.8) is 0 Å². The Morgan fingerprint density at radius 2 is 1.64 bits per heavy atom. The Kier molecular flexibility index (Phi) is 4.25. The van der Waals surface area contributed by atoms with Crippen LogP contribution in [-0.4, -0.2) is 11.9 Å². The first-order valence-corrected chi connectivity index (χ1v) is 7.88. The zero-order valence-electron chi connectivity index (χ0n) is 12.1. The van der Waals surface area contributed by atoms with E-state index in [1.165, 1.54) is 0 Å². The highest BCUT2D eigenvalue weighted by atomic mass is 79.9. The molecule has 0 amide bonds. The highest BCUT2D eigenvalue weighted by Gasteiger charge is 2.16. The average molecular weight is 355 g/mol. The third kappa shape index (κ3) is 3.20. The van der Waals surface area contributed by atoms with E-state index in [1.807, 2.05) is 48.5 Å². The van der Waals surface area contributed by atoms with Crippen LogP contribution in [0.3, 0.4) is 0 Å². The van der Waals surface area contributed by atoms with Crippen molar-refractivity contribution in [1.82, 2.24) is 0 Å². The second-order valence-corrected chi connectivity index (χ2v) is 6.06. The predicted molar refractivity (Wildman–Crippen MR) is 92.5 cm³/mol. The van der Waals surface area contributed by atoms with Crippen LogP contribution in [-0.2, 0) is 0 Å². The summed E-state index contributed by atoms with van der Waals surface area (Å²) < 4.78 is 6.85. The minimum Gasteiger partial charge on any atom is -0.483 e. The van der Waals surface area contributed by atoms with E-state index in [-0.39, 0.29) is 5.78 Å². The number of Topliss-reactive ketones (excluding diaryl/α,β-unsaturated/α-hetero) is 1. The van der Waals surface area contributed by atoms with E-state index in [2.05, 4.69) is 22.0 Å². The Morgan fingerprint density at radius 3 is 2.41 bits per heavy atom. The van der Waals surface area contributed by atoms with E-state index in [0.717, 1.165) is 15.2 Å². The summed E-state index contributed by atoms with van der Waals surface area (Å²) in [5.41, 5.74) is 0.666. The highest BCUT2D eigenvalue weighted by Crippen LogP contribution is 2.25. The number of hydrogen-bond acceptors (Lipinski definition) is 2. The predicted octanol–water partition coefficient (Wildman–Crippen LogP) is 5.25. The highest BCUT2D eigenvalue weighted by molar-refractivity contribution is 9.10. The molecule has 0 saturated carbocycles. The Labute approximate surface area is 137 Å². The summed E-state index contributed by atoms with van der Waals surface area (Å²) in [6.45, 7) is 1.78. The van der Waals surface area contributed by atoms with Crippen LogP contribution in [0.1, 0.15) is 17.3 Å². The lowest BCUT2D eigenvalue weighted by Crippen LogP contribution is -2.23. The van der Waals surface area contributed by atoms with Gasteiger partial charge in [0.25, 0.3) is 0 Å². The van der Waals surface area contributed by atoms with Gasteiger partial charge in [0, 0.05) is 10.0 Å². The molecule has 0 saturated heterocycles. The summed E-state index contributed by atoms with van der Waals surface area (Å²) in [6, 6.07) is 21.1. The Hall–Kier alpha value is -2.13. The maximum Gasteiger partial charge on any atom is 0.202 e. The van der Waals surface area contributed by atoms with Gasteiger partial charge in [0.15, 0.2) is 6.10 Å². The Balaban J connectivity index is 1.80. The van der Waals surface area contributed by atoms with Crippen molar-refractivity contribution in [3.05, 3.63) is 76.8 Å². The molecule has 0 aliphatic carbocycles. The molecule has 0 aliphatic heterocycles. The molecule has 1 atom stereocenters. The number of carbonyl (C=O) groups excluding carboxylic acids is 1. The quantitative estimate of drug-likeness (QED) is 0.598. The molecule has 0 N–H and O–H groups in total. The Morgan fingerprint density at radius 1 is 0.955 bits per heavy atom. The average Bonchev–Trinajstić information content (AvgIpc) is 2.55. The molecule has 0 radical (unpaired) electrons. The molecule has 0 aromatic heterocycles. The third-order valence-electron chi connectivity index (χ3n) is 3.51. The van der Waals surface area contributed by atoms with Crippen molar-refractivity contribution in [1.29, 1.82) is 0 Å². The van der Waals surface area contributed by atoms with Crippen LogP contribution in [0.5, 0.6) is 5.75 Å². The summed E-state index contributed by atoms with van der Waals surface area (Å²) in [5, 5.41) is 2.21. The van der Waals surface area contributed by atoms with Crippen LogP contribution >= 0.6 is 15.9 Å². The largest absolute Gasteiger partial charge is 0.483 e. The van der Waals surface area contributed by atoms with Gasteiger partial charge in [-0.2, -0.15) is 0 Å². The molecular weight excluding hydrogens is 340 g/mol. The number of fused-ring (bicyclic) bond motifs is 1. The fourth-order valence-electron chi connectivity index (χ4n) is 2.36. The number of halogens is 1. The van der Waals surface area contributed by atoms with Gasteiger partial charge in [-0.3, -0.25) is 4.79 Å². The van der Waals surface area contributed by atoms with Crippen LogP contribution in [0.2, 0.25) is 0 Å². The molecule has 3 rings (SSSR count). The molecule has 3 heteroatoms. The molecule has 0 fully saturated rings. The molecule has 0 spiro atoms. The molecule has 22 heavy (non-hydrogen) atoms. The van der Waals surface area contributed by atoms with Crippen molar-refractivity contribution in [3.8, 4) is 5.75 Å². The topological polar surface area (TPSA) is 26.3 Å². The zero-order chi connectivity index (χ0) is 15.5. The normalized spacial score (nSPS) is 12.1. The lowest BCUT2D eigenvalue weighted by Gasteiger charge is -2.14. The van der Waals surface area contributed by atoms with Gasteiger partial charge in [-0.1, -0.05) is 58.4 Å². The fraction of sp³-hybridized carbons (Fsp3) is 0.105. The minimum absolute atomic E-state index is 0.0171. The molecule has 110 valence electrons. The number of ketones is 1. The summed E-state index contributed by atoms with van der Waals surface area (Å²) in [6.07, 6.45) is -0.518. The molecule has 0 heterocycles. The van der Waals surface area contributed by atoms with Gasteiger partial charge in [-0.25, -0.2) is 0 Å². The fourth-order valence-corrected chi connectivity index (χ4v) is 2.74. The van der Waals surface area contributed by atoms with E-state index >= 15 is 0 Å². The summed E-state index contributed by atoms with van der Waals surface area (Å²) in [7, 11) is 0. The molecule has 3 aromatic carbocycles. The van der Waals surface area contributed by atoms with Crippen molar-refractivity contribution < 1.29 is 9.53 Å².